The van der Waals surface area contributed by atoms with Crippen molar-refractivity contribution < 1.29 is 28.6 Å². The minimum absolute atomic E-state index is 0.0634. The van der Waals surface area contributed by atoms with Crippen LogP contribution in [0.4, 0.5) is 0 Å². The molecule has 0 saturated carbocycles. The Morgan fingerprint density at radius 2 is 0.402 bits per heavy atom. The van der Waals surface area contributed by atoms with Crippen molar-refractivity contribution >= 4 is 17.9 Å². The number of rotatable bonds is 71. The highest BCUT2D eigenvalue weighted by Gasteiger charge is 2.20. The lowest BCUT2D eigenvalue weighted by Gasteiger charge is -2.18. The Bertz CT molecular complexity index is 1280. The van der Waals surface area contributed by atoms with Crippen LogP contribution in [0, 0.1) is 0 Å². The number of esters is 3. The highest BCUT2D eigenvalue weighted by Crippen LogP contribution is 2.20. The molecule has 0 amide bonds. The van der Waals surface area contributed by atoms with Gasteiger partial charge in [-0.25, -0.2) is 0 Å². The molecule has 0 aromatic carbocycles. The molecule has 82 heavy (non-hydrogen) atoms. The van der Waals surface area contributed by atoms with Crippen molar-refractivity contribution in [3.05, 3.63) is 12.2 Å². The zero-order valence-corrected chi connectivity index (χ0v) is 56.1. The summed E-state index contributed by atoms with van der Waals surface area (Å²) in [6.45, 7) is 6.75. The second-order valence-corrected chi connectivity index (χ2v) is 25.9. The summed E-state index contributed by atoms with van der Waals surface area (Å²) in [5.74, 6) is -0.824. The van der Waals surface area contributed by atoms with Crippen molar-refractivity contribution in [1.29, 1.82) is 0 Å². The average molecular weight is 1160 g/mol. The lowest BCUT2D eigenvalue weighted by Crippen LogP contribution is -2.30. The molecule has 0 N–H and O–H groups in total. The predicted molar refractivity (Wildman–Crippen MR) is 358 cm³/mol. The Kier molecular flexibility index (Phi) is 70.0. The zero-order valence-electron chi connectivity index (χ0n) is 56.1. The Balaban J connectivity index is 4.27. The van der Waals surface area contributed by atoms with Crippen molar-refractivity contribution in [3.63, 3.8) is 0 Å². The third-order valence-electron chi connectivity index (χ3n) is 17.5. The molecule has 0 bridgehead atoms. The van der Waals surface area contributed by atoms with Crippen LogP contribution in [-0.4, -0.2) is 37.2 Å². The molecule has 486 valence electrons. The van der Waals surface area contributed by atoms with E-state index in [2.05, 4.69) is 32.9 Å². The van der Waals surface area contributed by atoms with Gasteiger partial charge in [-0.15, -0.1) is 0 Å². The van der Waals surface area contributed by atoms with E-state index in [1.54, 1.807) is 0 Å². The van der Waals surface area contributed by atoms with Crippen molar-refractivity contribution in [2.45, 2.75) is 444 Å². The molecule has 0 aliphatic carbocycles. The van der Waals surface area contributed by atoms with E-state index in [4.69, 9.17) is 14.2 Å². The molecule has 0 radical (unpaired) electrons. The molecule has 0 aromatic rings. The summed E-state index contributed by atoms with van der Waals surface area (Å²) < 4.78 is 17.1. The topological polar surface area (TPSA) is 78.9 Å². The van der Waals surface area contributed by atoms with Gasteiger partial charge >= 0.3 is 17.9 Å². The smallest absolute Gasteiger partial charge is 0.306 e. The van der Waals surface area contributed by atoms with Crippen LogP contribution >= 0.6 is 0 Å². The van der Waals surface area contributed by atoms with Gasteiger partial charge in [-0.2, -0.15) is 0 Å². The van der Waals surface area contributed by atoms with Crippen LogP contribution in [0.25, 0.3) is 0 Å². The number of allylic oxidation sites excluding steroid dienone is 2. The molecule has 0 heterocycles. The molecule has 0 aliphatic heterocycles. The summed E-state index contributed by atoms with van der Waals surface area (Å²) >= 11 is 0. The first kappa shape index (κ1) is 80.2. The first-order valence-corrected chi connectivity index (χ1v) is 37.7. The van der Waals surface area contributed by atoms with Gasteiger partial charge in [0.1, 0.15) is 13.2 Å². The third kappa shape index (κ3) is 68.9. The van der Waals surface area contributed by atoms with E-state index in [0.717, 1.165) is 57.8 Å². The molecular weight excluding hydrogens is 1010 g/mol. The molecule has 0 spiro atoms. The van der Waals surface area contributed by atoms with Gasteiger partial charge in [0.2, 0.25) is 0 Å². The maximum absolute atomic E-state index is 13.0. The number of carbonyl (C=O) groups excluding carboxylic acids is 3. The van der Waals surface area contributed by atoms with Crippen LogP contribution in [0.3, 0.4) is 0 Å². The van der Waals surface area contributed by atoms with Crippen molar-refractivity contribution in [2.24, 2.45) is 0 Å². The van der Waals surface area contributed by atoms with E-state index in [1.165, 1.54) is 340 Å². The Labute approximate surface area is 513 Å². The Morgan fingerprint density at radius 1 is 0.232 bits per heavy atom. The molecule has 6 nitrogen and oxygen atoms in total. The SMILES string of the molecule is CCCCCCCCCC/C=C\CCCCCCCCCCCC(=O)OC(COC(=O)CCCCCCCCCCCCCCCCCCCCC)COC(=O)CCCCCCCCCCCCCCCCCCCCCCCCCC. The largest absolute Gasteiger partial charge is 0.462 e. The zero-order chi connectivity index (χ0) is 59.2. The van der Waals surface area contributed by atoms with Gasteiger partial charge in [-0.3, -0.25) is 14.4 Å². The molecule has 0 saturated heterocycles. The van der Waals surface area contributed by atoms with E-state index in [1.807, 2.05) is 0 Å². The molecule has 0 aromatic heterocycles. The number of ether oxygens (including phenoxy) is 3. The fourth-order valence-electron chi connectivity index (χ4n) is 11.9. The average Bonchev–Trinajstić information content (AvgIpc) is 3.47. The highest BCUT2D eigenvalue weighted by molar-refractivity contribution is 5.71. The number of unbranched alkanes of at least 4 members (excludes halogenated alkanes) is 58. The molecule has 0 fully saturated rings. The number of hydrogen-bond acceptors (Lipinski definition) is 6. The summed E-state index contributed by atoms with van der Waals surface area (Å²) in [6, 6.07) is 0. The summed E-state index contributed by atoms with van der Waals surface area (Å²) in [5, 5.41) is 0. The second kappa shape index (κ2) is 71.6. The van der Waals surface area contributed by atoms with Crippen molar-refractivity contribution in [2.75, 3.05) is 13.2 Å². The quantitative estimate of drug-likeness (QED) is 0.0261. The lowest BCUT2D eigenvalue weighted by molar-refractivity contribution is -0.167. The molecule has 6 heteroatoms. The summed E-state index contributed by atoms with van der Waals surface area (Å²) in [5.41, 5.74) is 0. The van der Waals surface area contributed by atoms with E-state index in [0.29, 0.717) is 19.3 Å². The van der Waals surface area contributed by atoms with E-state index in [-0.39, 0.29) is 31.1 Å². The van der Waals surface area contributed by atoms with Crippen LogP contribution in [0.15, 0.2) is 12.2 Å². The van der Waals surface area contributed by atoms with Gasteiger partial charge in [0, 0.05) is 19.3 Å². The van der Waals surface area contributed by atoms with Crippen molar-refractivity contribution in [3.8, 4) is 0 Å². The lowest BCUT2D eigenvalue weighted by atomic mass is 10.0. The van der Waals surface area contributed by atoms with Gasteiger partial charge in [0.05, 0.1) is 0 Å². The maximum Gasteiger partial charge on any atom is 0.306 e. The first-order chi connectivity index (χ1) is 40.5. The fourth-order valence-corrected chi connectivity index (χ4v) is 11.9. The van der Waals surface area contributed by atoms with Gasteiger partial charge in [0.25, 0.3) is 0 Å². The van der Waals surface area contributed by atoms with Gasteiger partial charge in [0.15, 0.2) is 6.10 Å². The second-order valence-electron chi connectivity index (χ2n) is 25.9. The van der Waals surface area contributed by atoms with E-state index >= 15 is 0 Å². The predicted octanol–water partition coefficient (Wildman–Crippen LogP) is 26.0. The maximum atomic E-state index is 13.0. The highest BCUT2D eigenvalue weighted by atomic mass is 16.6. The van der Waals surface area contributed by atoms with Crippen molar-refractivity contribution in [1.82, 2.24) is 0 Å². The standard InChI is InChI=1S/C76H146O6/c1-4-7-10-13-16-19-22-25-28-31-34-36-37-38-40-42-45-48-51-54-57-60-63-66-69-75(78)81-72-73(71-80-74(77)68-65-62-59-56-53-50-47-44-41-33-30-27-24-21-18-15-12-9-6-3)82-76(79)70-67-64-61-58-55-52-49-46-43-39-35-32-29-26-23-20-17-14-11-8-5-2/h32,35,73H,4-31,33-34,36-72H2,1-3H3/b35-32-. The minimum atomic E-state index is -0.768. The normalized spacial score (nSPS) is 12.0. The van der Waals surface area contributed by atoms with Crippen LogP contribution in [-0.2, 0) is 28.6 Å². The summed E-state index contributed by atoms with van der Waals surface area (Å²) in [7, 11) is 0. The van der Waals surface area contributed by atoms with E-state index < -0.39 is 6.10 Å². The van der Waals surface area contributed by atoms with Gasteiger partial charge < -0.3 is 14.2 Å². The molecule has 1 unspecified atom stereocenters. The Hall–Kier alpha value is -1.85. The Morgan fingerprint density at radius 3 is 0.610 bits per heavy atom. The van der Waals surface area contributed by atoms with Crippen LogP contribution in [0.2, 0.25) is 0 Å². The van der Waals surface area contributed by atoms with Crippen LogP contribution in [0.5, 0.6) is 0 Å². The minimum Gasteiger partial charge on any atom is -0.462 e. The third-order valence-corrected chi connectivity index (χ3v) is 17.5. The molecular formula is C76H146O6. The number of carbonyl (C=O) groups is 3. The van der Waals surface area contributed by atoms with Crippen LogP contribution < -0.4 is 0 Å². The van der Waals surface area contributed by atoms with Gasteiger partial charge in [-0.05, 0) is 44.9 Å². The molecule has 0 rings (SSSR count). The molecule has 1 atom stereocenters. The van der Waals surface area contributed by atoms with E-state index in [9.17, 15) is 14.4 Å². The van der Waals surface area contributed by atoms with Crippen LogP contribution in [0.1, 0.15) is 438 Å². The summed E-state index contributed by atoms with van der Waals surface area (Å²) in [4.78, 5) is 38.6. The summed E-state index contributed by atoms with van der Waals surface area (Å²) in [6.07, 6.45) is 86.8. The fraction of sp³-hybridized carbons (Fsp3) is 0.934. The monoisotopic (exact) mass is 1160 g/mol. The first-order valence-electron chi connectivity index (χ1n) is 37.7. The molecule has 0 aliphatic rings. The van der Waals surface area contributed by atoms with Gasteiger partial charge in [-0.1, -0.05) is 386 Å². The number of hydrogen-bond donors (Lipinski definition) is 0.